The van der Waals surface area contributed by atoms with E-state index < -0.39 is 0 Å². The Morgan fingerprint density at radius 2 is 2.00 bits per heavy atom. The Balaban J connectivity index is 2.22. The molecule has 4 nitrogen and oxygen atoms in total. The molecule has 0 fully saturated rings. The van der Waals surface area contributed by atoms with Crippen molar-refractivity contribution in [3.05, 3.63) is 30.3 Å². The second-order valence-corrected chi connectivity index (χ2v) is 4.69. The zero-order valence-corrected chi connectivity index (χ0v) is 10.9. The lowest BCUT2D eigenvalue weighted by atomic mass is 10.1. The molecule has 1 heterocycles. The summed E-state index contributed by atoms with van der Waals surface area (Å²) in [5.41, 5.74) is 1.62. The van der Waals surface area contributed by atoms with Crippen molar-refractivity contribution in [3.8, 4) is 0 Å². The summed E-state index contributed by atoms with van der Waals surface area (Å²) < 4.78 is 0. The van der Waals surface area contributed by atoms with Gasteiger partial charge in [0.15, 0.2) is 12.1 Å². The minimum Gasteiger partial charge on any atom is -0.271 e. The largest absolute Gasteiger partial charge is 0.271 e. The molecule has 1 aromatic rings. The second-order valence-electron chi connectivity index (χ2n) is 4.69. The first-order valence-corrected chi connectivity index (χ1v) is 6.13. The third-order valence-corrected chi connectivity index (χ3v) is 2.78. The number of nitrogens with one attached hydrogen (secondary N) is 1. The standard InChI is InChI=1S/C14H17N3O/c1-10(2)15-9-13-11(3)16-17(14(13)18)12-7-5-4-6-8-12/h4-10,13H,1-3H3/p+1/t13-/m0/s1. The summed E-state index contributed by atoms with van der Waals surface area (Å²) in [7, 11) is 0. The number of benzene rings is 1. The summed E-state index contributed by atoms with van der Waals surface area (Å²) in [6.07, 6.45) is 1.83. The van der Waals surface area contributed by atoms with E-state index in [0.717, 1.165) is 11.4 Å². The fraction of sp³-hybridized carbons (Fsp3) is 0.357. The highest BCUT2D eigenvalue weighted by Crippen LogP contribution is 2.22. The molecular formula is C14H18N3O+. The number of rotatable bonds is 3. The SMILES string of the molecule is CC1=NN(c2ccccc2)C(=O)[C@H]1C=[NH+]C(C)C. The molecule has 0 bridgehead atoms. The van der Waals surface area contributed by atoms with Crippen molar-refractivity contribution in [2.45, 2.75) is 26.8 Å². The highest BCUT2D eigenvalue weighted by atomic mass is 16.2. The molecule has 1 amide bonds. The lowest BCUT2D eigenvalue weighted by molar-refractivity contribution is -0.489. The van der Waals surface area contributed by atoms with Gasteiger partial charge in [0.05, 0.1) is 11.4 Å². The highest BCUT2D eigenvalue weighted by Gasteiger charge is 2.35. The van der Waals surface area contributed by atoms with Gasteiger partial charge in [-0.1, -0.05) is 18.2 Å². The van der Waals surface area contributed by atoms with E-state index >= 15 is 0 Å². The number of carbonyl (C=O) groups is 1. The molecule has 0 aliphatic carbocycles. The summed E-state index contributed by atoms with van der Waals surface area (Å²) in [4.78, 5) is 15.4. The average Bonchev–Trinajstić information content (AvgIpc) is 2.63. The Hall–Kier alpha value is -1.97. The number of hydrogen-bond acceptors (Lipinski definition) is 2. The van der Waals surface area contributed by atoms with E-state index in [1.807, 2.05) is 57.3 Å². The van der Waals surface area contributed by atoms with Crippen molar-refractivity contribution in [1.29, 1.82) is 0 Å². The Morgan fingerprint density at radius 3 is 2.61 bits per heavy atom. The summed E-state index contributed by atoms with van der Waals surface area (Å²) in [5, 5.41) is 5.80. The van der Waals surface area contributed by atoms with Gasteiger partial charge in [0.1, 0.15) is 6.04 Å². The lowest BCUT2D eigenvalue weighted by Crippen LogP contribution is -2.75. The molecule has 4 heteroatoms. The molecule has 1 atom stereocenters. The third-order valence-electron chi connectivity index (χ3n) is 2.78. The van der Waals surface area contributed by atoms with Crippen molar-refractivity contribution < 1.29 is 9.79 Å². The van der Waals surface area contributed by atoms with Gasteiger partial charge in [0.25, 0.3) is 5.91 Å². The van der Waals surface area contributed by atoms with Gasteiger partial charge in [-0.25, -0.2) is 4.99 Å². The normalized spacial score (nSPS) is 20.0. The summed E-state index contributed by atoms with van der Waals surface area (Å²) >= 11 is 0. The fourth-order valence-corrected chi connectivity index (χ4v) is 1.81. The van der Waals surface area contributed by atoms with Crippen molar-refractivity contribution in [3.63, 3.8) is 0 Å². The van der Waals surface area contributed by atoms with Crippen LogP contribution in [0.5, 0.6) is 0 Å². The molecule has 2 rings (SSSR count). The summed E-state index contributed by atoms with van der Waals surface area (Å²) in [5.74, 6) is -0.278. The molecule has 1 aromatic carbocycles. The number of hydrazone groups is 1. The number of para-hydroxylation sites is 1. The van der Waals surface area contributed by atoms with E-state index in [-0.39, 0.29) is 11.8 Å². The summed E-state index contributed by atoms with van der Waals surface area (Å²) in [6.45, 7) is 5.96. The van der Waals surface area contributed by atoms with Crippen LogP contribution in [0.3, 0.4) is 0 Å². The van der Waals surface area contributed by atoms with Crippen LogP contribution in [0.2, 0.25) is 0 Å². The van der Waals surface area contributed by atoms with Crippen LogP contribution in [-0.4, -0.2) is 23.9 Å². The van der Waals surface area contributed by atoms with Crippen LogP contribution in [-0.2, 0) is 4.79 Å². The van der Waals surface area contributed by atoms with Crippen molar-refractivity contribution >= 4 is 23.5 Å². The van der Waals surface area contributed by atoms with E-state index in [0.29, 0.717) is 6.04 Å². The molecule has 0 unspecified atom stereocenters. The molecular weight excluding hydrogens is 226 g/mol. The molecule has 1 aliphatic heterocycles. The second kappa shape index (κ2) is 5.12. The molecule has 94 valence electrons. The Labute approximate surface area is 107 Å². The molecule has 0 saturated carbocycles. The maximum absolute atomic E-state index is 12.3. The Kier molecular flexibility index (Phi) is 3.55. The maximum Gasteiger partial charge on any atom is 0.266 e. The number of nitrogens with zero attached hydrogens (tertiary/aromatic N) is 2. The molecule has 18 heavy (non-hydrogen) atoms. The van der Waals surface area contributed by atoms with E-state index in [2.05, 4.69) is 10.1 Å². The first-order chi connectivity index (χ1) is 8.59. The molecule has 1 aliphatic rings. The maximum atomic E-state index is 12.3. The molecule has 1 N–H and O–H groups in total. The van der Waals surface area contributed by atoms with Gasteiger partial charge in [-0.15, -0.1) is 0 Å². The zero-order valence-electron chi connectivity index (χ0n) is 10.9. The van der Waals surface area contributed by atoms with Gasteiger partial charge in [-0.3, -0.25) is 4.79 Å². The quantitative estimate of drug-likeness (QED) is 0.777. The highest BCUT2D eigenvalue weighted by molar-refractivity contribution is 6.22. The van der Waals surface area contributed by atoms with Gasteiger partial charge >= 0.3 is 0 Å². The minimum absolute atomic E-state index is 0.00755. The van der Waals surface area contributed by atoms with Crippen LogP contribution in [0.25, 0.3) is 0 Å². The first-order valence-electron chi connectivity index (χ1n) is 6.13. The Bertz CT molecular complexity index is 491. The summed E-state index contributed by atoms with van der Waals surface area (Å²) in [6, 6.07) is 9.80. The molecule has 0 aromatic heterocycles. The van der Waals surface area contributed by atoms with Gasteiger partial charge in [0, 0.05) is 0 Å². The Morgan fingerprint density at radius 1 is 1.33 bits per heavy atom. The zero-order chi connectivity index (χ0) is 13.1. The lowest BCUT2D eigenvalue weighted by Gasteiger charge is -2.11. The van der Waals surface area contributed by atoms with Crippen LogP contribution < -0.4 is 10.0 Å². The molecule has 0 saturated heterocycles. The fourth-order valence-electron chi connectivity index (χ4n) is 1.81. The van der Waals surface area contributed by atoms with Crippen LogP contribution >= 0.6 is 0 Å². The minimum atomic E-state index is -0.271. The van der Waals surface area contributed by atoms with Crippen molar-refractivity contribution in [2.24, 2.45) is 11.0 Å². The van der Waals surface area contributed by atoms with Crippen molar-refractivity contribution in [1.82, 2.24) is 0 Å². The number of hydrogen-bond donors (Lipinski definition) is 1. The first kappa shape index (κ1) is 12.5. The van der Waals surface area contributed by atoms with Gasteiger partial charge < -0.3 is 0 Å². The van der Waals surface area contributed by atoms with Gasteiger partial charge in [-0.2, -0.15) is 10.1 Å². The van der Waals surface area contributed by atoms with Crippen LogP contribution in [0.1, 0.15) is 20.8 Å². The van der Waals surface area contributed by atoms with Crippen molar-refractivity contribution in [2.75, 3.05) is 5.01 Å². The molecule has 0 spiro atoms. The van der Waals surface area contributed by atoms with Crippen LogP contribution in [0.4, 0.5) is 5.69 Å². The number of carbonyl (C=O) groups excluding carboxylic acids is 1. The topological polar surface area (TPSA) is 46.6 Å². The van der Waals surface area contributed by atoms with E-state index in [9.17, 15) is 4.79 Å². The van der Waals surface area contributed by atoms with Gasteiger partial charge in [0.2, 0.25) is 0 Å². The van der Waals surface area contributed by atoms with Crippen LogP contribution in [0, 0.1) is 5.92 Å². The monoisotopic (exact) mass is 244 g/mol. The van der Waals surface area contributed by atoms with E-state index in [1.54, 1.807) is 0 Å². The number of amides is 1. The van der Waals surface area contributed by atoms with E-state index in [1.165, 1.54) is 5.01 Å². The smallest absolute Gasteiger partial charge is 0.266 e. The van der Waals surface area contributed by atoms with Gasteiger partial charge in [-0.05, 0) is 32.9 Å². The van der Waals surface area contributed by atoms with E-state index in [4.69, 9.17) is 0 Å². The third kappa shape index (κ3) is 2.47. The predicted octanol–water partition coefficient (Wildman–Crippen LogP) is 0.585. The number of anilines is 1. The average molecular weight is 244 g/mol. The predicted molar refractivity (Wildman–Crippen MR) is 72.7 cm³/mol. The molecule has 0 radical (unpaired) electrons. The van der Waals surface area contributed by atoms with Crippen LogP contribution in [0.15, 0.2) is 35.4 Å².